The molecule has 246 valence electrons. The quantitative estimate of drug-likeness (QED) is 0.176. The second-order valence-corrected chi connectivity index (χ2v) is 14.1. The largest absolute Gasteiger partial charge is 0.310 e. The molecule has 0 saturated carbocycles. The van der Waals surface area contributed by atoms with Gasteiger partial charge in [0, 0.05) is 17.1 Å². The number of hydrogen-bond donors (Lipinski definition) is 0. The van der Waals surface area contributed by atoms with Crippen LogP contribution in [0.1, 0.15) is 0 Å². The molecule has 0 N–H and O–H groups in total. The normalized spacial score (nSPS) is 11.8. The topological polar surface area (TPSA) is 3.24 Å². The van der Waals surface area contributed by atoms with Gasteiger partial charge in [-0.05, 0) is 131 Å². The van der Waals surface area contributed by atoms with Crippen LogP contribution in [0.4, 0.5) is 17.1 Å². The molecule has 2 aliphatic rings. The number of anilines is 3. The summed E-state index contributed by atoms with van der Waals surface area (Å²) in [5.41, 5.74) is 21.3. The lowest BCUT2D eigenvalue weighted by atomic mass is 9.83. The average molecular weight is 672 g/mol. The van der Waals surface area contributed by atoms with Crippen LogP contribution in [-0.4, -0.2) is 0 Å². The zero-order valence-corrected chi connectivity index (χ0v) is 29.0. The number of para-hydroxylation sites is 1. The zero-order chi connectivity index (χ0) is 34.9. The van der Waals surface area contributed by atoms with Gasteiger partial charge in [0.05, 0.1) is 0 Å². The zero-order valence-electron chi connectivity index (χ0n) is 29.0. The molecule has 9 aromatic rings. The summed E-state index contributed by atoms with van der Waals surface area (Å²) < 4.78 is 0. The summed E-state index contributed by atoms with van der Waals surface area (Å²) in [4.78, 5) is 2.36. The highest BCUT2D eigenvalue weighted by atomic mass is 15.1. The van der Waals surface area contributed by atoms with Crippen molar-refractivity contribution in [1.82, 2.24) is 0 Å². The molecule has 11 rings (SSSR count). The molecule has 0 radical (unpaired) electrons. The third-order valence-corrected chi connectivity index (χ3v) is 11.2. The Hall–Kier alpha value is -6.96. The number of nitrogens with zero attached hydrogens (tertiary/aromatic N) is 1. The van der Waals surface area contributed by atoms with Crippen molar-refractivity contribution in [2.45, 2.75) is 0 Å². The first-order chi connectivity index (χ1) is 26.3. The van der Waals surface area contributed by atoms with Gasteiger partial charge in [0.25, 0.3) is 0 Å². The fraction of sp³-hybridized carbons (Fsp3) is 0. The Morgan fingerprint density at radius 3 is 1.55 bits per heavy atom. The summed E-state index contributed by atoms with van der Waals surface area (Å²) in [6.07, 6.45) is 0. The van der Waals surface area contributed by atoms with Gasteiger partial charge in [0.15, 0.2) is 0 Å². The van der Waals surface area contributed by atoms with Crippen LogP contribution in [0.5, 0.6) is 0 Å². The van der Waals surface area contributed by atoms with Crippen LogP contribution in [-0.2, 0) is 0 Å². The molecule has 0 fully saturated rings. The molecule has 0 amide bonds. The molecule has 0 saturated heterocycles. The maximum absolute atomic E-state index is 2.42. The van der Waals surface area contributed by atoms with Gasteiger partial charge in [0.1, 0.15) is 0 Å². The van der Waals surface area contributed by atoms with Gasteiger partial charge in [-0.2, -0.15) is 0 Å². The highest BCUT2D eigenvalue weighted by Gasteiger charge is 2.30. The smallest absolute Gasteiger partial charge is 0.0467 e. The Balaban J connectivity index is 1.02. The number of benzene rings is 9. The number of fused-ring (bicyclic) bond motifs is 5. The maximum atomic E-state index is 2.42. The Morgan fingerprint density at radius 2 is 0.755 bits per heavy atom. The molecule has 2 aliphatic carbocycles. The Kier molecular flexibility index (Phi) is 6.62. The Morgan fingerprint density at radius 1 is 0.245 bits per heavy atom. The van der Waals surface area contributed by atoms with Gasteiger partial charge >= 0.3 is 0 Å². The molecule has 9 aromatic carbocycles. The minimum Gasteiger partial charge on any atom is -0.310 e. The van der Waals surface area contributed by atoms with Crippen LogP contribution in [0.25, 0.3) is 88.7 Å². The second kappa shape index (κ2) is 11.8. The van der Waals surface area contributed by atoms with Gasteiger partial charge < -0.3 is 4.90 Å². The molecule has 0 atom stereocenters. The fourth-order valence-corrected chi connectivity index (χ4v) is 8.80. The van der Waals surface area contributed by atoms with Crippen LogP contribution in [0.3, 0.4) is 0 Å². The van der Waals surface area contributed by atoms with Crippen molar-refractivity contribution in [3.63, 3.8) is 0 Å². The predicted molar refractivity (Wildman–Crippen MR) is 224 cm³/mol. The Labute approximate surface area is 309 Å². The van der Waals surface area contributed by atoms with E-state index in [9.17, 15) is 0 Å². The van der Waals surface area contributed by atoms with Crippen molar-refractivity contribution in [2.24, 2.45) is 0 Å². The summed E-state index contributed by atoms with van der Waals surface area (Å²) in [6.45, 7) is 0. The van der Waals surface area contributed by atoms with Crippen LogP contribution in [0.2, 0.25) is 0 Å². The lowest BCUT2D eigenvalue weighted by Gasteiger charge is -2.26. The molecule has 0 heterocycles. The maximum Gasteiger partial charge on any atom is 0.0467 e. The van der Waals surface area contributed by atoms with Gasteiger partial charge in [0.2, 0.25) is 0 Å². The van der Waals surface area contributed by atoms with Crippen molar-refractivity contribution in [3.05, 3.63) is 200 Å². The number of rotatable bonds is 5. The van der Waals surface area contributed by atoms with E-state index in [1.54, 1.807) is 0 Å². The molecule has 1 nitrogen and oxygen atoms in total. The summed E-state index contributed by atoms with van der Waals surface area (Å²) in [5.74, 6) is 0. The van der Waals surface area contributed by atoms with Crippen LogP contribution in [0, 0.1) is 0 Å². The SMILES string of the molecule is c1ccc(N(c2ccc(-c3ccc4c(c3)-c3c5cccc3-c3cccc-4c3-c3ccccc3-5)cc2)c2cccc(-c3cccc4ccccc34)c2)cc1. The predicted octanol–water partition coefficient (Wildman–Crippen LogP) is 14.6. The molecular formula is C52H33N. The van der Waals surface area contributed by atoms with E-state index in [-0.39, 0.29) is 0 Å². The van der Waals surface area contributed by atoms with Crippen molar-refractivity contribution in [2.75, 3.05) is 4.90 Å². The lowest BCUT2D eigenvalue weighted by molar-refractivity contribution is 1.28. The molecule has 0 aromatic heterocycles. The average Bonchev–Trinajstić information content (AvgIpc) is 3.34. The van der Waals surface area contributed by atoms with Crippen molar-refractivity contribution >= 4 is 27.8 Å². The Bertz CT molecular complexity index is 2850. The van der Waals surface area contributed by atoms with Crippen LogP contribution < -0.4 is 4.90 Å². The van der Waals surface area contributed by atoms with Gasteiger partial charge in [-0.25, -0.2) is 0 Å². The molecule has 0 unspecified atom stereocenters. The molecule has 53 heavy (non-hydrogen) atoms. The van der Waals surface area contributed by atoms with E-state index < -0.39 is 0 Å². The third kappa shape index (κ3) is 4.64. The molecule has 1 heteroatoms. The minimum absolute atomic E-state index is 1.11. The molecule has 0 aliphatic heterocycles. The van der Waals surface area contributed by atoms with Crippen LogP contribution in [0.15, 0.2) is 200 Å². The summed E-state index contributed by atoms with van der Waals surface area (Å²) in [7, 11) is 0. The summed E-state index contributed by atoms with van der Waals surface area (Å²) in [6, 6.07) is 73.5. The van der Waals surface area contributed by atoms with E-state index in [1.807, 2.05) is 0 Å². The van der Waals surface area contributed by atoms with Gasteiger partial charge in [-0.15, -0.1) is 0 Å². The van der Waals surface area contributed by atoms with Gasteiger partial charge in [-0.3, -0.25) is 0 Å². The summed E-state index contributed by atoms with van der Waals surface area (Å²) in [5, 5.41) is 2.51. The van der Waals surface area contributed by atoms with Crippen molar-refractivity contribution < 1.29 is 0 Å². The molecule has 0 spiro atoms. The number of hydrogen-bond acceptors (Lipinski definition) is 1. The van der Waals surface area contributed by atoms with Gasteiger partial charge in [-0.1, -0.05) is 158 Å². The van der Waals surface area contributed by atoms with E-state index in [4.69, 9.17) is 0 Å². The fourth-order valence-electron chi connectivity index (χ4n) is 8.80. The summed E-state index contributed by atoms with van der Waals surface area (Å²) >= 11 is 0. The standard InChI is InChI=1S/C52H33N/c1-2-15-38(16-3-1)53(40-17-8-14-37(32-40)42-21-9-13-35-12-4-5-18-41(35)42)39-29-26-34(27-30-39)36-28-31-44-47-23-11-24-48-49-25-10-22-46(52(49)50(44)33-36)43-19-6-7-20-45(43)51(47)48/h1-33H. The van der Waals surface area contributed by atoms with E-state index >= 15 is 0 Å². The van der Waals surface area contributed by atoms with Crippen molar-refractivity contribution in [1.29, 1.82) is 0 Å². The first-order valence-corrected chi connectivity index (χ1v) is 18.3. The second-order valence-electron chi connectivity index (χ2n) is 14.1. The first-order valence-electron chi connectivity index (χ1n) is 18.3. The highest BCUT2D eigenvalue weighted by Crippen LogP contribution is 2.57. The van der Waals surface area contributed by atoms with Crippen LogP contribution >= 0.6 is 0 Å². The van der Waals surface area contributed by atoms with Crippen molar-refractivity contribution in [3.8, 4) is 77.9 Å². The van der Waals surface area contributed by atoms with E-state index in [0.717, 1.165) is 17.1 Å². The molecular weight excluding hydrogens is 639 g/mol. The van der Waals surface area contributed by atoms with E-state index in [0.29, 0.717) is 0 Å². The first kappa shape index (κ1) is 29.7. The molecule has 6 bridgehead atoms. The monoisotopic (exact) mass is 671 g/mol. The lowest BCUT2D eigenvalue weighted by Crippen LogP contribution is -2.09. The minimum atomic E-state index is 1.11. The highest BCUT2D eigenvalue weighted by molar-refractivity contribution is 6.15. The third-order valence-electron chi connectivity index (χ3n) is 11.2. The van der Waals surface area contributed by atoms with E-state index in [2.05, 4.69) is 205 Å². The van der Waals surface area contributed by atoms with E-state index in [1.165, 1.54) is 88.7 Å².